The number of phenols is 1. The zero-order chi connectivity index (χ0) is 103. The molecule has 4 aromatic heterocycles. The van der Waals surface area contributed by atoms with Gasteiger partial charge in [0.2, 0.25) is 0 Å². The zero-order valence-corrected chi connectivity index (χ0v) is 81.6. The molecule has 40 heteroatoms. The van der Waals surface area contributed by atoms with Crippen molar-refractivity contribution in [1.29, 1.82) is 0 Å². The molecule has 2 aliphatic heterocycles. The molecule has 18 rings (SSSR count). The average Bonchev–Trinajstić information content (AvgIpc) is 1.65. The molecule has 0 radical (unpaired) electrons. The number of aliphatic hydroxyl groups excluding tert-OH is 4. The fourth-order valence-corrected chi connectivity index (χ4v) is 14.8. The fourth-order valence-electron chi connectivity index (χ4n) is 14.6. The molecule has 4 amide bonds. The summed E-state index contributed by atoms with van der Waals surface area (Å²) in [6, 6.07) is 48.2. The number of carboxylic acid groups (broad SMARTS) is 1. The molecule has 2 saturated heterocycles. The number of amides is 4. The first-order chi connectivity index (χ1) is 68.2. The van der Waals surface area contributed by atoms with Gasteiger partial charge in [-0.05, 0) is 226 Å². The van der Waals surface area contributed by atoms with Gasteiger partial charge in [-0.2, -0.15) is 20.4 Å². The number of carbonyl (C=O) groups excluding carboxylic acids is 8. The Morgan fingerprint density at radius 3 is 0.917 bits per heavy atom. The number of halogens is 1. The molecule has 12 aromatic rings. The lowest BCUT2D eigenvalue weighted by Gasteiger charge is -2.17. The van der Waals surface area contributed by atoms with Gasteiger partial charge in [0.05, 0.1) is 108 Å². The third kappa shape index (κ3) is 28.9. The number of anilines is 4. The highest BCUT2D eigenvalue weighted by atomic mass is 35.5. The van der Waals surface area contributed by atoms with E-state index in [-0.39, 0.29) is 153 Å². The number of aliphatic carboxylic acids is 1. The Morgan fingerprint density at radius 2 is 0.674 bits per heavy atom. The third-order valence-corrected chi connectivity index (χ3v) is 23.4. The van der Waals surface area contributed by atoms with Crippen molar-refractivity contribution >= 4 is 87.6 Å². The smallest absolute Gasteiger partial charge is 0.300 e. The number of hydrogen-bond acceptors (Lipinski definition) is 29. The van der Waals surface area contributed by atoms with Crippen LogP contribution in [0.4, 0.5) is 23.3 Å². The van der Waals surface area contributed by atoms with Crippen LogP contribution in [-0.2, 0) is 23.7 Å². The van der Waals surface area contributed by atoms with Gasteiger partial charge in [-0.3, -0.25) is 43.2 Å². The standard InChI is InChI=1S/C27H30N4O5.2C24H26N4O5.C21H20N4O3.C6H11ClO2.C2H4O2.H2O/c1-16-7-8-18(26(33)30-19-9-10-19)12-23(16)31-25(28)22(13-29-31)24(32)17-5-4-6-20(11-17)34-14-21-15-35-27(2,3)36-21;2*1-14-5-6-16(24(32)27-17-7-8-17)10-21(14)28-23(25)20(11-26-28)22(31)15-3-2-4-19(9-15)33-13-18(30)12-29;1-12-5-6-14(21(28)24-15-7-8-15)10-18(12)25-20(22)17(11-23-25)19(27)13-3-2-4-16(26)9-13;1-6(2)8-4-5(3-7)9-6;1-2(3)4;/h4-8,11-13,19,21H,9-10,14-15,28H2,1-3H3,(H,30,33);2*2-6,9-11,17-18,29-30H,7-8,12-13,25H2,1H3,(H,27,32);2-6,9-11,15,26H,7-8,22H2,1H3,(H,24,28);5H,3-4H2,1-2H3;1H3,(H,3,4);1H2/t;;;;5-;;/m....0../s1. The summed E-state index contributed by atoms with van der Waals surface area (Å²) in [5, 5.41) is 82.8. The Balaban J connectivity index is 0.000000164. The van der Waals surface area contributed by atoms with E-state index in [1.807, 2.05) is 79.7 Å². The molecule has 4 atom stereocenters. The van der Waals surface area contributed by atoms with Gasteiger partial charge in [-0.1, -0.05) is 72.8 Å². The summed E-state index contributed by atoms with van der Waals surface area (Å²) >= 11 is 5.53. The molecule has 760 valence electrons. The number of alkyl halides is 1. The number of phenolic OH excluding ortho intramolecular Hbond substituents is 1. The van der Waals surface area contributed by atoms with Gasteiger partial charge in [-0.25, -0.2) is 18.7 Å². The van der Waals surface area contributed by atoms with Crippen LogP contribution in [0.3, 0.4) is 0 Å². The van der Waals surface area contributed by atoms with Gasteiger partial charge >= 0.3 is 0 Å². The summed E-state index contributed by atoms with van der Waals surface area (Å²) in [5.74, 6) is -1.20. The zero-order valence-electron chi connectivity index (χ0n) is 80.9. The summed E-state index contributed by atoms with van der Waals surface area (Å²) in [6.45, 7) is 16.5. The van der Waals surface area contributed by atoms with Crippen LogP contribution in [0, 0.1) is 27.7 Å². The molecule has 6 fully saturated rings. The number of nitrogens with one attached hydrogen (secondary N) is 4. The number of aromatic hydroxyl groups is 1. The van der Waals surface area contributed by atoms with Gasteiger partial charge < -0.3 is 113 Å². The first-order valence-electron chi connectivity index (χ1n) is 46.4. The van der Waals surface area contributed by atoms with Crippen molar-refractivity contribution in [2.75, 3.05) is 75.1 Å². The molecule has 6 aliphatic rings. The van der Waals surface area contributed by atoms with Crippen molar-refractivity contribution < 1.29 is 112 Å². The fraction of sp³-hybridized carbons (Fsp3) is 0.337. The molecule has 39 nitrogen and oxygen atoms in total. The van der Waals surface area contributed by atoms with E-state index in [1.165, 1.54) is 67.8 Å². The predicted octanol–water partition coefficient (Wildman–Crippen LogP) is 9.89. The van der Waals surface area contributed by atoms with Crippen LogP contribution in [0.15, 0.2) is 195 Å². The van der Waals surface area contributed by atoms with Crippen molar-refractivity contribution in [3.8, 4) is 45.7 Å². The Kier molecular flexibility index (Phi) is 36.0. The number of benzene rings is 8. The maximum atomic E-state index is 13.3. The maximum Gasteiger partial charge on any atom is 0.300 e. The lowest BCUT2D eigenvalue weighted by atomic mass is 10.1. The molecule has 0 bridgehead atoms. The number of aliphatic hydroxyl groups is 4. The number of ether oxygens (including phenoxy) is 7. The van der Waals surface area contributed by atoms with Gasteiger partial charge in [0.15, 0.2) is 34.7 Å². The number of ketones is 4. The highest BCUT2D eigenvalue weighted by molar-refractivity contribution is 6.18. The largest absolute Gasteiger partial charge is 0.508 e. The second-order valence-electron chi connectivity index (χ2n) is 36.0. The summed E-state index contributed by atoms with van der Waals surface area (Å²) in [4.78, 5) is 111. The number of carbonyl (C=O) groups is 9. The number of aromatic nitrogens is 8. The first-order valence-corrected chi connectivity index (χ1v) is 46.9. The van der Waals surface area contributed by atoms with E-state index < -0.39 is 43.0 Å². The van der Waals surface area contributed by atoms with Crippen LogP contribution < -0.4 is 58.4 Å². The molecule has 20 N–H and O–H groups in total. The van der Waals surface area contributed by atoms with Gasteiger partial charge in [0, 0.05) is 75.6 Å². The topological polar surface area (TPSA) is 595 Å². The van der Waals surface area contributed by atoms with Crippen molar-refractivity contribution in [3.05, 3.63) is 284 Å². The van der Waals surface area contributed by atoms with Gasteiger partial charge in [0.25, 0.3) is 29.6 Å². The highest BCUT2D eigenvalue weighted by Crippen LogP contribution is 2.34. The normalized spacial score (nSPS) is 15.9. The van der Waals surface area contributed by atoms with E-state index >= 15 is 0 Å². The van der Waals surface area contributed by atoms with E-state index in [9.17, 15) is 53.7 Å². The number of hydrogen-bond donors (Lipinski definition) is 14. The maximum absolute atomic E-state index is 13.3. The van der Waals surface area contributed by atoms with Gasteiger partial charge in [-0.15, -0.1) is 11.6 Å². The second kappa shape index (κ2) is 48.2. The van der Waals surface area contributed by atoms with Crippen molar-refractivity contribution in [2.45, 2.75) is 174 Å². The quantitative estimate of drug-likeness (QED) is 0.0138. The summed E-state index contributed by atoms with van der Waals surface area (Å²) < 4.78 is 44.5. The minimum atomic E-state index is -1.01. The monoisotopic (exact) mass is 1990 g/mol. The van der Waals surface area contributed by atoms with E-state index in [4.69, 9.17) is 87.8 Å². The van der Waals surface area contributed by atoms with Crippen LogP contribution >= 0.6 is 11.6 Å². The summed E-state index contributed by atoms with van der Waals surface area (Å²) in [7, 11) is 0. The molecular weight excluding hydrogens is 1880 g/mol. The minimum Gasteiger partial charge on any atom is -0.508 e. The Labute approximate surface area is 834 Å². The SMILES string of the molecule is CC(=O)O.CC1(C)OC[C@H](CCl)O1.Cc1ccc(C(=O)NC2CC2)cc1-n1ncc(C(=O)c2cccc(O)c2)c1N.Cc1ccc(C(=O)NC2CC2)cc1-n1ncc(C(=O)c2cccc(OCC(O)CO)c2)c1N.Cc1ccc(C(=O)NC2CC2)cc1-n1ncc(C(=O)c2cccc(OCC(O)CO)c2)c1N.Cc1ccc(C(=O)NC2CC2)cc1-n1ncc(C(=O)c2cccc(OCC3COC(C)(C)O3)c2)c1N.O. The lowest BCUT2D eigenvalue weighted by Crippen LogP contribution is -2.25. The highest BCUT2D eigenvalue weighted by Gasteiger charge is 2.36. The molecular formula is C104H119ClN16O23. The number of carboxylic acids is 1. The van der Waals surface area contributed by atoms with Crippen LogP contribution in [0.25, 0.3) is 22.7 Å². The van der Waals surface area contributed by atoms with Crippen LogP contribution in [0.5, 0.6) is 23.0 Å². The van der Waals surface area contributed by atoms with Crippen LogP contribution in [-0.4, -0.2) is 240 Å². The van der Waals surface area contributed by atoms with Crippen LogP contribution in [0.2, 0.25) is 0 Å². The molecule has 0 spiro atoms. The van der Waals surface area contributed by atoms with Crippen LogP contribution in [0.1, 0.15) is 213 Å². The molecule has 144 heavy (non-hydrogen) atoms. The number of nitrogens with two attached hydrogens (primary N) is 4. The second-order valence-corrected chi connectivity index (χ2v) is 36.4. The number of rotatable bonds is 32. The number of nitrogen functional groups attached to an aromatic ring is 4. The molecule has 4 aliphatic carbocycles. The molecule has 3 unspecified atom stereocenters. The Hall–Kier alpha value is -15.0. The lowest BCUT2D eigenvalue weighted by molar-refractivity contribution is -0.141. The first kappa shape index (κ1) is 108. The van der Waals surface area contributed by atoms with E-state index in [1.54, 1.807) is 121 Å². The Morgan fingerprint density at radius 1 is 0.410 bits per heavy atom. The summed E-state index contributed by atoms with van der Waals surface area (Å²) in [5.41, 5.74) is 35.6. The van der Waals surface area contributed by atoms with Crippen molar-refractivity contribution in [3.63, 3.8) is 0 Å². The van der Waals surface area contributed by atoms with E-state index in [0.717, 1.165) is 80.5 Å². The minimum absolute atomic E-state index is 0. The number of nitrogens with zero attached hydrogens (tertiary/aromatic N) is 8. The number of aryl methyl sites for hydroxylation is 4. The Bertz CT molecular complexity index is 6460. The van der Waals surface area contributed by atoms with Crippen molar-refractivity contribution in [2.24, 2.45) is 0 Å². The van der Waals surface area contributed by atoms with Crippen molar-refractivity contribution in [1.82, 2.24) is 60.4 Å². The van der Waals surface area contributed by atoms with Gasteiger partial charge in [0.1, 0.15) is 84.4 Å². The summed E-state index contributed by atoms with van der Waals surface area (Å²) in [6.07, 6.45) is 11.6. The molecule has 8 aromatic carbocycles. The average molecular weight is 2000 g/mol. The van der Waals surface area contributed by atoms with E-state index in [0.29, 0.717) is 110 Å². The third-order valence-electron chi connectivity index (χ3n) is 23.1. The van der Waals surface area contributed by atoms with E-state index in [2.05, 4.69) is 41.7 Å². The molecule has 6 heterocycles. The predicted molar refractivity (Wildman–Crippen MR) is 534 cm³/mol. The molecule has 4 saturated carbocycles.